The zero-order valence-corrected chi connectivity index (χ0v) is 11.6. The first-order valence-electron chi connectivity index (χ1n) is 6.48. The van der Waals surface area contributed by atoms with Gasteiger partial charge in [0, 0.05) is 7.05 Å². The normalized spacial score (nSPS) is 12.1. The lowest BCUT2D eigenvalue weighted by Crippen LogP contribution is -2.20. The zero-order chi connectivity index (χ0) is 14.5. The van der Waals surface area contributed by atoms with Gasteiger partial charge in [-0.2, -0.15) is 10.1 Å². The molecule has 0 aliphatic rings. The van der Waals surface area contributed by atoms with Crippen LogP contribution in [0, 0.1) is 0 Å². The molecule has 2 aromatic rings. The lowest BCUT2D eigenvalue weighted by molar-refractivity contribution is -0.145. The van der Waals surface area contributed by atoms with Crippen molar-refractivity contribution < 1.29 is 9.53 Å². The number of carbonyl (C=O) groups excluding carboxylic acids is 1. The molecule has 0 radical (unpaired) electrons. The monoisotopic (exact) mass is 274 g/mol. The molecule has 1 aromatic heterocycles. The Balaban J connectivity index is 2.27. The van der Waals surface area contributed by atoms with Gasteiger partial charge >= 0.3 is 5.97 Å². The number of hydrogen-bond donors (Lipinski definition) is 1. The first-order valence-corrected chi connectivity index (χ1v) is 6.48. The molecule has 2 N–H and O–H groups in total. The second-order valence-electron chi connectivity index (χ2n) is 4.45. The average Bonchev–Trinajstić information content (AvgIpc) is 2.77. The highest BCUT2D eigenvalue weighted by atomic mass is 16.5. The number of hydrogen-bond acceptors (Lipinski definition) is 5. The fourth-order valence-electron chi connectivity index (χ4n) is 1.94. The largest absolute Gasteiger partial charge is 0.465 e. The van der Waals surface area contributed by atoms with Crippen molar-refractivity contribution in [2.45, 2.75) is 19.3 Å². The van der Waals surface area contributed by atoms with Gasteiger partial charge in [-0.25, -0.2) is 4.68 Å². The molecule has 2 rings (SSSR count). The molecule has 20 heavy (non-hydrogen) atoms. The number of nitrogens with two attached hydrogens (primary N) is 1. The molecular formula is C14H18N4O2. The minimum atomic E-state index is -0.541. The van der Waals surface area contributed by atoms with Crippen LogP contribution in [-0.4, -0.2) is 27.3 Å². The molecule has 1 unspecified atom stereocenters. The third-order valence-electron chi connectivity index (χ3n) is 2.98. The van der Waals surface area contributed by atoms with Gasteiger partial charge in [0.15, 0.2) is 5.82 Å². The molecule has 1 aromatic carbocycles. The molecule has 106 valence electrons. The van der Waals surface area contributed by atoms with Gasteiger partial charge in [-0.15, -0.1) is 0 Å². The van der Waals surface area contributed by atoms with Gasteiger partial charge < -0.3 is 10.5 Å². The number of anilines is 1. The predicted octanol–water partition coefficient (Wildman–Crippen LogP) is 1.29. The van der Waals surface area contributed by atoms with Crippen LogP contribution in [0.5, 0.6) is 0 Å². The van der Waals surface area contributed by atoms with Crippen LogP contribution in [0.1, 0.15) is 24.2 Å². The van der Waals surface area contributed by atoms with E-state index >= 15 is 0 Å². The third-order valence-corrected chi connectivity index (χ3v) is 2.98. The summed E-state index contributed by atoms with van der Waals surface area (Å²) in [6.07, 6.45) is 0.489. The fourth-order valence-corrected chi connectivity index (χ4v) is 1.94. The first kappa shape index (κ1) is 14.0. The Morgan fingerprint density at radius 2 is 2.10 bits per heavy atom. The van der Waals surface area contributed by atoms with Crippen molar-refractivity contribution in [3.63, 3.8) is 0 Å². The molecular weight excluding hydrogens is 256 g/mol. The lowest BCUT2D eigenvalue weighted by Gasteiger charge is -2.12. The van der Waals surface area contributed by atoms with Crippen LogP contribution in [0.15, 0.2) is 30.3 Å². The summed E-state index contributed by atoms with van der Waals surface area (Å²) in [4.78, 5) is 16.3. The van der Waals surface area contributed by atoms with E-state index < -0.39 is 5.92 Å². The van der Waals surface area contributed by atoms with Crippen LogP contribution < -0.4 is 5.73 Å². The summed E-state index contributed by atoms with van der Waals surface area (Å²) in [5.74, 6) is -0.197. The van der Waals surface area contributed by atoms with E-state index in [0.29, 0.717) is 18.9 Å². The minimum absolute atomic E-state index is 0.280. The van der Waals surface area contributed by atoms with Crippen LogP contribution in [0.3, 0.4) is 0 Å². The van der Waals surface area contributed by atoms with Crippen LogP contribution in [0.25, 0.3) is 0 Å². The number of nitrogen functional groups attached to an aromatic ring is 1. The average molecular weight is 274 g/mol. The summed E-state index contributed by atoms with van der Waals surface area (Å²) >= 11 is 0. The highest BCUT2D eigenvalue weighted by Crippen LogP contribution is 2.20. The second kappa shape index (κ2) is 6.18. The van der Waals surface area contributed by atoms with Crippen LogP contribution in [0.4, 0.5) is 5.95 Å². The maximum Gasteiger partial charge on any atom is 0.317 e. The molecule has 0 saturated carbocycles. The predicted molar refractivity (Wildman–Crippen MR) is 74.9 cm³/mol. The van der Waals surface area contributed by atoms with Gasteiger partial charge in [-0.1, -0.05) is 30.3 Å². The van der Waals surface area contributed by atoms with Gasteiger partial charge in [-0.05, 0) is 18.9 Å². The topological polar surface area (TPSA) is 83.0 Å². The first-order chi connectivity index (χ1) is 9.61. The Hall–Kier alpha value is -2.37. The molecule has 6 heteroatoms. The minimum Gasteiger partial charge on any atom is -0.465 e. The number of rotatable bonds is 5. The fraction of sp³-hybridized carbons (Fsp3) is 0.357. The number of nitrogens with zero attached hydrogens (tertiary/aromatic N) is 3. The van der Waals surface area contributed by atoms with Gasteiger partial charge in [0.05, 0.1) is 6.61 Å². The van der Waals surface area contributed by atoms with E-state index in [1.165, 1.54) is 4.68 Å². The number of aryl methyl sites for hydroxylation is 1. The molecule has 6 nitrogen and oxygen atoms in total. The number of aromatic nitrogens is 3. The highest BCUT2D eigenvalue weighted by molar-refractivity contribution is 5.77. The van der Waals surface area contributed by atoms with E-state index in [2.05, 4.69) is 10.1 Å². The maximum absolute atomic E-state index is 12.1. The lowest BCUT2D eigenvalue weighted by atomic mass is 9.99. The Morgan fingerprint density at radius 1 is 1.40 bits per heavy atom. The van der Waals surface area contributed by atoms with Crippen LogP contribution in [-0.2, 0) is 23.0 Å². The Bertz CT molecular complexity index is 561. The van der Waals surface area contributed by atoms with Gasteiger partial charge in [0.25, 0.3) is 0 Å². The van der Waals surface area contributed by atoms with E-state index in [-0.39, 0.29) is 11.9 Å². The van der Waals surface area contributed by atoms with Crippen LogP contribution >= 0.6 is 0 Å². The van der Waals surface area contributed by atoms with Crippen molar-refractivity contribution in [1.82, 2.24) is 14.8 Å². The van der Waals surface area contributed by atoms with E-state index in [9.17, 15) is 4.79 Å². The molecule has 0 spiro atoms. The second-order valence-corrected chi connectivity index (χ2v) is 4.45. The molecule has 0 aliphatic heterocycles. The molecule has 1 atom stereocenters. The molecule has 0 amide bonds. The highest BCUT2D eigenvalue weighted by Gasteiger charge is 2.27. The van der Waals surface area contributed by atoms with Crippen molar-refractivity contribution in [1.29, 1.82) is 0 Å². The zero-order valence-electron chi connectivity index (χ0n) is 11.6. The quantitative estimate of drug-likeness (QED) is 0.831. The number of ether oxygens (including phenoxy) is 1. The van der Waals surface area contributed by atoms with Crippen molar-refractivity contribution in [2.24, 2.45) is 7.05 Å². The van der Waals surface area contributed by atoms with Gasteiger partial charge in [0.2, 0.25) is 5.95 Å². The van der Waals surface area contributed by atoms with Crippen molar-refractivity contribution >= 4 is 11.9 Å². The Kier molecular flexibility index (Phi) is 4.34. The summed E-state index contributed by atoms with van der Waals surface area (Å²) in [5, 5.41) is 4.19. The summed E-state index contributed by atoms with van der Waals surface area (Å²) in [6.45, 7) is 2.10. The Morgan fingerprint density at radius 3 is 2.65 bits per heavy atom. The van der Waals surface area contributed by atoms with Gasteiger partial charge in [0.1, 0.15) is 5.92 Å². The summed E-state index contributed by atoms with van der Waals surface area (Å²) in [7, 11) is 1.69. The smallest absolute Gasteiger partial charge is 0.317 e. The molecule has 0 aliphatic carbocycles. The van der Waals surface area contributed by atoms with Crippen LogP contribution in [0.2, 0.25) is 0 Å². The maximum atomic E-state index is 12.1. The summed E-state index contributed by atoms with van der Waals surface area (Å²) in [6, 6.07) is 9.70. The van der Waals surface area contributed by atoms with Crippen molar-refractivity contribution in [3.8, 4) is 0 Å². The van der Waals surface area contributed by atoms with E-state index in [1.807, 2.05) is 30.3 Å². The van der Waals surface area contributed by atoms with Crippen molar-refractivity contribution in [2.75, 3.05) is 12.3 Å². The molecule has 1 heterocycles. The standard InChI is InChI=1S/C14H18N4O2/c1-3-20-13(19)11(9-10-7-5-4-6-8-10)12-16-14(15)18(2)17-12/h4-8,11H,3,9H2,1-2H3,(H2,15,16,17). The third kappa shape index (κ3) is 3.14. The van der Waals surface area contributed by atoms with Gasteiger partial charge in [-0.3, -0.25) is 4.79 Å². The summed E-state index contributed by atoms with van der Waals surface area (Å²) in [5.41, 5.74) is 6.71. The Labute approximate surface area is 117 Å². The molecule has 0 saturated heterocycles. The van der Waals surface area contributed by atoms with Crippen molar-refractivity contribution in [3.05, 3.63) is 41.7 Å². The van der Waals surface area contributed by atoms with E-state index in [1.54, 1.807) is 14.0 Å². The number of benzene rings is 1. The number of esters is 1. The van der Waals surface area contributed by atoms with E-state index in [0.717, 1.165) is 5.56 Å². The van der Waals surface area contributed by atoms with E-state index in [4.69, 9.17) is 10.5 Å². The molecule has 0 fully saturated rings. The molecule has 0 bridgehead atoms. The number of carbonyl (C=O) groups is 1. The SMILES string of the molecule is CCOC(=O)C(Cc1ccccc1)c1nc(N)n(C)n1. The summed E-state index contributed by atoms with van der Waals surface area (Å²) < 4.78 is 6.56.